The maximum Gasteiger partial charge on any atom is 0.407 e. The van der Waals surface area contributed by atoms with Crippen molar-refractivity contribution in [3.63, 3.8) is 0 Å². The Hall–Kier alpha value is -3.35. The lowest BCUT2D eigenvalue weighted by Crippen LogP contribution is -2.54. The number of aliphatic carboxylic acids is 1. The zero-order valence-corrected chi connectivity index (χ0v) is 19.6. The van der Waals surface area contributed by atoms with Gasteiger partial charge < -0.3 is 20.5 Å². The highest BCUT2D eigenvalue weighted by molar-refractivity contribution is 5.89. The van der Waals surface area contributed by atoms with Gasteiger partial charge >= 0.3 is 12.1 Å². The van der Waals surface area contributed by atoms with Gasteiger partial charge in [-0.3, -0.25) is 4.79 Å². The minimum Gasteiger partial charge on any atom is -0.480 e. The van der Waals surface area contributed by atoms with Gasteiger partial charge in [-0.2, -0.15) is 0 Å². The van der Waals surface area contributed by atoms with Crippen LogP contribution in [0.1, 0.15) is 56.6 Å². The number of rotatable bonds is 10. The molecule has 180 valence electrons. The number of benzene rings is 2. The minimum absolute atomic E-state index is 0.0797. The van der Waals surface area contributed by atoms with Crippen LogP contribution in [-0.2, 0) is 14.3 Å². The van der Waals surface area contributed by atoms with Crippen LogP contribution in [0.15, 0.2) is 48.5 Å². The quantitative estimate of drug-likeness (QED) is 0.486. The van der Waals surface area contributed by atoms with Crippen molar-refractivity contribution >= 4 is 18.0 Å². The Kier molecular flexibility index (Phi) is 7.20. The van der Waals surface area contributed by atoms with Gasteiger partial charge in [0.05, 0.1) is 0 Å². The Morgan fingerprint density at radius 1 is 1.00 bits per heavy atom. The molecule has 0 unspecified atom stereocenters. The van der Waals surface area contributed by atoms with Crippen LogP contribution < -0.4 is 10.6 Å². The van der Waals surface area contributed by atoms with Crippen molar-refractivity contribution in [3.05, 3.63) is 59.7 Å². The molecule has 1 fully saturated rings. The first-order valence-corrected chi connectivity index (χ1v) is 12.0. The van der Waals surface area contributed by atoms with Crippen LogP contribution in [0, 0.1) is 11.8 Å². The molecular weight excluding hydrogens is 432 g/mol. The van der Waals surface area contributed by atoms with Crippen molar-refractivity contribution in [2.24, 2.45) is 11.8 Å². The van der Waals surface area contributed by atoms with Crippen molar-refractivity contribution < 1.29 is 24.2 Å². The van der Waals surface area contributed by atoms with Crippen LogP contribution >= 0.6 is 0 Å². The van der Waals surface area contributed by atoms with Gasteiger partial charge in [0.1, 0.15) is 18.7 Å². The number of carboxylic acids is 1. The summed E-state index contributed by atoms with van der Waals surface area (Å²) in [7, 11) is 0. The van der Waals surface area contributed by atoms with Gasteiger partial charge in [-0.05, 0) is 40.5 Å². The summed E-state index contributed by atoms with van der Waals surface area (Å²) in [6, 6.07) is 14.3. The zero-order valence-electron chi connectivity index (χ0n) is 19.6. The van der Waals surface area contributed by atoms with Crippen LogP contribution in [0.25, 0.3) is 11.1 Å². The summed E-state index contributed by atoms with van der Waals surface area (Å²) in [4.78, 5) is 37.3. The fourth-order valence-electron chi connectivity index (χ4n) is 4.64. The molecule has 0 aromatic heterocycles. The molecule has 7 nitrogen and oxygen atoms in total. The van der Waals surface area contributed by atoms with Crippen LogP contribution in [0.2, 0.25) is 0 Å². The SMILES string of the molecule is CC[C@H](C)[C@H](NC(=O)OCC1c2ccccc2-c2ccccc21)C(=O)N[C@@H](CC1CC1)C(=O)O. The Labute approximate surface area is 199 Å². The minimum atomic E-state index is -1.05. The number of fused-ring (bicyclic) bond motifs is 3. The third-order valence-corrected chi connectivity index (χ3v) is 6.99. The first kappa shape index (κ1) is 23.8. The molecule has 2 aliphatic rings. The molecule has 0 heterocycles. The second-order valence-corrected chi connectivity index (χ2v) is 9.41. The number of carbonyl (C=O) groups is 3. The van der Waals surface area contributed by atoms with Crippen molar-refractivity contribution in [1.29, 1.82) is 0 Å². The molecule has 2 aromatic carbocycles. The predicted molar refractivity (Wildman–Crippen MR) is 128 cm³/mol. The van der Waals surface area contributed by atoms with Gasteiger partial charge in [-0.15, -0.1) is 0 Å². The Morgan fingerprint density at radius 3 is 2.12 bits per heavy atom. The molecule has 7 heteroatoms. The molecule has 2 aliphatic carbocycles. The van der Waals surface area contributed by atoms with Gasteiger partial charge in [0.2, 0.25) is 5.91 Å². The molecule has 0 saturated heterocycles. The van der Waals surface area contributed by atoms with Gasteiger partial charge in [-0.1, -0.05) is 81.6 Å². The van der Waals surface area contributed by atoms with E-state index >= 15 is 0 Å². The molecule has 1 saturated carbocycles. The third-order valence-electron chi connectivity index (χ3n) is 6.99. The molecule has 0 aliphatic heterocycles. The highest BCUT2D eigenvalue weighted by Gasteiger charge is 2.34. The average molecular weight is 465 g/mol. The van der Waals surface area contributed by atoms with Crippen LogP contribution in [-0.4, -0.2) is 41.8 Å². The monoisotopic (exact) mass is 464 g/mol. The lowest BCUT2D eigenvalue weighted by molar-refractivity contribution is -0.142. The summed E-state index contributed by atoms with van der Waals surface area (Å²) in [5, 5.41) is 14.8. The Balaban J connectivity index is 1.40. The van der Waals surface area contributed by atoms with Crippen LogP contribution in [0.5, 0.6) is 0 Å². The number of nitrogens with one attached hydrogen (secondary N) is 2. The molecule has 4 rings (SSSR count). The number of alkyl carbamates (subject to hydrolysis) is 1. The second kappa shape index (κ2) is 10.3. The van der Waals surface area contributed by atoms with Gasteiger partial charge in [0.15, 0.2) is 0 Å². The topological polar surface area (TPSA) is 105 Å². The maximum absolute atomic E-state index is 12.9. The second-order valence-electron chi connectivity index (χ2n) is 9.41. The summed E-state index contributed by atoms with van der Waals surface area (Å²) < 4.78 is 5.60. The summed E-state index contributed by atoms with van der Waals surface area (Å²) in [6.07, 6.45) is 2.36. The Bertz CT molecular complexity index is 1020. The average Bonchev–Trinajstić information content (AvgIpc) is 3.60. The third kappa shape index (κ3) is 5.24. The van der Waals surface area contributed by atoms with E-state index in [0.717, 1.165) is 35.1 Å². The van der Waals surface area contributed by atoms with E-state index < -0.39 is 30.1 Å². The first-order valence-electron chi connectivity index (χ1n) is 12.0. The molecule has 0 bridgehead atoms. The van der Waals surface area contributed by atoms with E-state index in [2.05, 4.69) is 22.8 Å². The number of carboxylic acid groups (broad SMARTS) is 1. The number of carbonyl (C=O) groups excluding carboxylic acids is 2. The lowest BCUT2D eigenvalue weighted by Gasteiger charge is -2.25. The van der Waals surface area contributed by atoms with Crippen molar-refractivity contribution in [3.8, 4) is 11.1 Å². The van der Waals surface area contributed by atoms with E-state index in [9.17, 15) is 19.5 Å². The molecule has 0 spiro atoms. The smallest absolute Gasteiger partial charge is 0.407 e. The zero-order chi connectivity index (χ0) is 24.2. The van der Waals surface area contributed by atoms with E-state index in [-0.39, 0.29) is 18.4 Å². The standard InChI is InChI=1S/C27H32N2O5/c1-3-16(2)24(25(30)28-23(26(31)32)14-17-12-13-17)29-27(33)34-15-22-20-10-6-4-8-18(20)19-9-5-7-11-21(19)22/h4-11,16-17,22-24H,3,12-15H2,1-2H3,(H,28,30)(H,29,33)(H,31,32)/t16-,23-,24-/m0/s1. The van der Waals surface area contributed by atoms with E-state index in [1.54, 1.807) is 0 Å². The number of ether oxygens (including phenoxy) is 1. The number of hydrogen-bond acceptors (Lipinski definition) is 4. The maximum atomic E-state index is 12.9. The fraction of sp³-hybridized carbons (Fsp3) is 0.444. The van der Waals surface area contributed by atoms with Crippen LogP contribution in [0.4, 0.5) is 4.79 Å². The summed E-state index contributed by atoms with van der Waals surface area (Å²) >= 11 is 0. The van der Waals surface area contributed by atoms with Crippen LogP contribution in [0.3, 0.4) is 0 Å². The molecule has 3 atom stereocenters. The normalized spacial score (nSPS) is 17.1. The highest BCUT2D eigenvalue weighted by atomic mass is 16.5. The first-order chi connectivity index (χ1) is 16.4. The van der Waals surface area contributed by atoms with Gasteiger partial charge in [0.25, 0.3) is 0 Å². The summed E-state index contributed by atoms with van der Waals surface area (Å²) in [5.74, 6) is -1.46. The molecule has 2 aromatic rings. The highest BCUT2D eigenvalue weighted by Crippen LogP contribution is 2.44. The molecule has 0 radical (unpaired) electrons. The molecule has 2 amide bonds. The lowest BCUT2D eigenvalue weighted by atomic mass is 9.97. The molecule has 3 N–H and O–H groups in total. The van der Waals surface area contributed by atoms with E-state index in [0.29, 0.717) is 18.8 Å². The predicted octanol–water partition coefficient (Wildman–Crippen LogP) is 4.31. The van der Waals surface area contributed by atoms with Gasteiger partial charge in [-0.25, -0.2) is 9.59 Å². The number of hydrogen-bond donors (Lipinski definition) is 3. The number of amides is 2. The van der Waals surface area contributed by atoms with Crippen molar-refractivity contribution in [2.75, 3.05) is 6.61 Å². The van der Waals surface area contributed by atoms with Gasteiger partial charge in [0, 0.05) is 5.92 Å². The van der Waals surface area contributed by atoms with E-state index in [1.165, 1.54) is 0 Å². The molecular formula is C27H32N2O5. The van der Waals surface area contributed by atoms with Crippen molar-refractivity contribution in [2.45, 2.75) is 57.5 Å². The Morgan fingerprint density at radius 2 is 1.59 bits per heavy atom. The van der Waals surface area contributed by atoms with E-state index in [1.807, 2.05) is 50.2 Å². The fourth-order valence-corrected chi connectivity index (χ4v) is 4.64. The summed E-state index contributed by atoms with van der Waals surface area (Å²) in [5.41, 5.74) is 4.49. The van der Waals surface area contributed by atoms with E-state index in [4.69, 9.17) is 4.74 Å². The largest absolute Gasteiger partial charge is 0.480 e. The van der Waals surface area contributed by atoms with Crippen molar-refractivity contribution in [1.82, 2.24) is 10.6 Å². The summed E-state index contributed by atoms with van der Waals surface area (Å²) in [6.45, 7) is 3.92. The molecule has 34 heavy (non-hydrogen) atoms.